The summed E-state index contributed by atoms with van der Waals surface area (Å²) in [7, 11) is 0. The zero-order chi connectivity index (χ0) is 12.3. The topological polar surface area (TPSA) is 0 Å². The Kier molecular flexibility index (Phi) is 5.43. The van der Waals surface area contributed by atoms with Gasteiger partial charge in [-0.05, 0) is 31.8 Å². The summed E-state index contributed by atoms with van der Waals surface area (Å²) in [6, 6.07) is 0. The molecule has 0 amide bonds. The Morgan fingerprint density at radius 3 is 1.87 bits per heavy atom. The average Bonchev–Trinajstić information content (AvgIpc) is 1.93. The van der Waals surface area contributed by atoms with Crippen molar-refractivity contribution in [2.75, 3.05) is 0 Å². The second kappa shape index (κ2) is 5.41. The van der Waals surface area contributed by atoms with Crippen LogP contribution in [-0.2, 0) is 0 Å². The van der Waals surface area contributed by atoms with Gasteiger partial charge in [0.1, 0.15) is 4.33 Å². The Hall–Kier alpha value is 0.0600. The molecule has 0 unspecified atom stereocenters. The van der Waals surface area contributed by atoms with Crippen molar-refractivity contribution >= 4 is 23.2 Å². The maximum atomic E-state index is 6.03. The lowest BCUT2D eigenvalue weighted by molar-refractivity contribution is 0.508. The number of hydrogen-bond donors (Lipinski definition) is 0. The minimum absolute atomic E-state index is 0.135. The van der Waals surface area contributed by atoms with E-state index in [9.17, 15) is 0 Å². The molecule has 0 aliphatic heterocycles. The number of halogens is 2. The Balaban J connectivity index is 5.12. The van der Waals surface area contributed by atoms with Crippen LogP contribution < -0.4 is 0 Å². The molecule has 0 radical (unpaired) electrons. The van der Waals surface area contributed by atoms with Gasteiger partial charge in [0.05, 0.1) is 0 Å². The summed E-state index contributed by atoms with van der Waals surface area (Å²) < 4.78 is -0.678. The van der Waals surface area contributed by atoms with E-state index >= 15 is 0 Å². The first kappa shape index (κ1) is 15.1. The highest BCUT2D eigenvalue weighted by Gasteiger charge is 2.22. The molecule has 2 heteroatoms. The fourth-order valence-corrected chi connectivity index (χ4v) is 2.16. The standard InChI is InChI=1S/C13H22Cl2/c1-7-8-11(12(3,4)5)10(2)9-13(6,14)15/h7-8H,9H2,1-6H3. The van der Waals surface area contributed by atoms with E-state index in [0.717, 1.165) is 0 Å². The van der Waals surface area contributed by atoms with Gasteiger partial charge in [-0.2, -0.15) is 0 Å². The van der Waals surface area contributed by atoms with Crippen molar-refractivity contribution in [1.29, 1.82) is 0 Å². The SMILES string of the molecule is CC=CC(=C(C)CC(C)(Cl)Cl)C(C)(C)C. The smallest absolute Gasteiger partial charge is 0.102 e. The largest absolute Gasteiger partial charge is 0.119 e. The van der Waals surface area contributed by atoms with E-state index in [-0.39, 0.29) is 5.41 Å². The van der Waals surface area contributed by atoms with Crippen molar-refractivity contribution in [2.24, 2.45) is 5.41 Å². The molecule has 0 rings (SSSR count). The van der Waals surface area contributed by atoms with Gasteiger partial charge in [0.2, 0.25) is 0 Å². The summed E-state index contributed by atoms with van der Waals surface area (Å²) in [5, 5.41) is 0. The monoisotopic (exact) mass is 248 g/mol. The minimum atomic E-state index is -0.678. The third kappa shape index (κ3) is 6.27. The molecule has 0 nitrogen and oxygen atoms in total. The highest BCUT2D eigenvalue weighted by atomic mass is 35.5. The van der Waals surface area contributed by atoms with Crippen molar-refractivity contribution in [3.8, 4) is 0 Å². The van der Waals surface area contributed by atoms with Crippen molar-refractivity contribution in [3.05, 3.63) is 23.3 Å². The Labute approximate surface area is 104 Å². The predicted octanol–water partition coefficient (Wildman–Crippen LogP) is 5.51. The summed E-state index contributed by atoms with van der Waals surface area (Å²) in [6.45, 7) is 12.6. The Morgan fingerprint density at radius 2 is 1.60 bits per heavy atom. The van der Waals surface area contributed by atoms with Crippen molar-refractivity contribution in [3.63, 3.8) is 0 Å². The van der Waals surface area contributed by atoms with Gasteiger partial charge >= 0.3 is 0 Å². The molecular formula is C13H22Cl2. The molecule has 0 aromatic heterocycles. The summed E-state index contributed by atoms with van der Waals surface area (Å²) in [4.78, 5) is 0. The summed E-state index contributed by atoms with van der Waals surface area (Å²) in [5.74, 6) is 0. The molecular weight excluding hydrogens is 227 g/mol. The fourth-order valence-electron chi connectivity index (χ4n) is 1.76. The predicted molar refractivity (Wildman–Crippen MR) is 71.7 cm³/mol. The molecule has 0 aliphatic carbocycles. The van der Waals surface area contributed by atoms with Gasteiger partial charge in [-0.25, -0.2) is 0 Å². The van der Waals surface area contributed by atoms with Crippen molar-refractivity contribution in [2.45, 2.75) is 52.3 Å². The molecule has 0 bridgehead atoms. The molecule has 0 spiro atoms. The molecule has 0 aromatic rings. The number of alkyl halides is 2. The van der Waals surface area contributed by atoms with Gasteiger partial charge in [-0.1, -0.05) is 38.5 Å². The summed E-state index contributed by atoms with van der Waals surface area (Å²) in [5.41, 5.74) is 2.71. The van der Waals surface area contributed by atoms with Gasteiger partial charge in [-0.15, -0.1) is 23.2 Å². The summed E-state index contributed by atoms with van der Waals surface area (Å²) in [6.07, 6.45) is 4.91. The maximum absolute atomic E-state index is 6.03. The normalized spacial score (nSPS) is 15.7. The van der Waals surface area contributed by atoms with Crippen LogP contribution >= 0.6 is 23.2 Å². The van der Waals surface area contributed by atoms with Crippen LogP contribution in [0.5, 0.6) is 0 Å². The first-order chi connectivity index (χ1) is 6.58. The number of allylic oxidation sites excluding steroid dienone is 4. The molecule has 0 fully saturated rings. The zero-order valence-corrected chi connectivity index (χ0v) is 12.1. The van der Waals surface area contributed by atoms with Crippen LogP contribution in [0.2, 0.25) is 0 Å². The maximum Gasteiger partial charge on any atom is 0.119 e. The first-order valence-corrected chi connectivity index (χ1v) is 6.04. The van der Waals surface area contributed by atoms with E-state index in [0.29, 0.717) is 6.42 Å². The molecule has 0 aromatic carbocycles. The molecule has 0 N–H and O–H groups in total. The highest BCUT2D eigenvalue weighted by molar-refractivity contribution is 6.48. The van der Waals surface area contributed by atoms with Crippen molar-refractivity contribution < 1.29 is 0 Å². The molecule has 15 heavy (non-hydrogen) atoms. The first-order valence-electron chi connectivity index (χ1n) is 5.28. The van der Waals surface area contributed by atoms with E-state index in [1.54, 1.807) is 0 Å². The average molecular weight is 249 g/mol. The second-order valence-electron chi connectivity index (χ2n) is 5.19. The van der Waals surface area contributed by atoms with E-state index in [4.69, 9.17) is 23.2 Å². The van der Waals surface area contributed by atoms with Gasteiger partial charge in [-0.3, -0.25) is 0 Å². The highest BCUT2D eigenvalue weighted by Crippen LogP contribution is 2.35. The number of rotatable bonds is 3. The van der Waals surface area contributed by atoms with Gasteiger partial charge in [0, 0.05) is 6.42 Å². The molecule has 0 aliphatic rings. The lowest BCUT2D eigenvalue weighted by Crippen LogP contribution is -2.14. The number of hydrogen-bond acceptors (Lipinski definition) is 0. The van der Waals surface area contributed by atoms with Crippen LogP contribution in [0.4, 0.5) is 0 Å². The second-order valence-corrected chi connectivity index (χ2v) is 7.05. The van der Waals surface area contributed by atoms with Gasteiger partial charge < -0.3 is 0 Å². The van der Waals surface area contributed by atoms with E-state index < -0.39 is 4.33 Å². The van der Waals surface area contributed by atoms with Crippen LogP contribution in [0, 0.1) is 5.41 Å². The lowest BCUT2D eigenvalue weighted by Gasteiger charge is -2.25. The van der Waals surface area contributed by atoms with Crippen LogP contribution in [0.3, 0.4) is 0 Å². The molecule has 88 valence electrons. The quantitative estimate of drug-likeness (QED) is 0.457. The van der Waals surface area contributed by atoms with E-state index in [1.165, 1.54) is 11.1 Å². The minimum Gasteiger partial charge on any atom is -0.102 e. The third-order valence-electron chi connectivity index (χ3n) is 2.18. The Morgan fingerprint density at radius 1 is 1.13 bits per heavy atom. The van der Waals surface area contributed by atoms with Crippen LogP contribution in [0.1, 0.15) is 48.0 Å². The molecule has 0 saturated carbocycles. The van der Waals surface area contributed by atoms with Crippen LogP contribution in [-0.4, -0.2) is 4.33 Å². The molecule has 0 heterocycles. The Bertz CT molecular complexity index is 259. The van der Waals surface area contributed by atoms with Gasteiger partial charge in [0.15, 0.2) is 0 Å². The lowest BCUT2D eigenvalue weighted by atomic mass is 9.82. The third-order valence-corrected chi connectivity index (χ3v) is 2.44. The van der Waals surface area contributed by atoms with Crippen LogP contribution in [0.15, 0.2) is 23.3 Å². The zero-order valence-electron chi connectivity index (χ0n) is 10.6. The van der Waals surface area contributed by atoms with E-state index in [1.807, 2.05) is 13.8 Å². The fraction of sp³-hybridized carbons (Fsp3) is 0.692. The van der Waals surface area contributed by atoms with Crippen molar-refractivity contribution in [1.82, 2.24) is 0 Å². The van der Waals surface area contributed by atoms with Crippen LogP contribution in [0.25, 0.3) is 0 Å². The molecule has 0 saturated heterocycles. The van der Waals surface area contributed by atoms with Gasteiger partial charge in [0.25, 0.3) is 0 Å². The van der Waals surface area contributed by atoms with E-state index in [2.05, 4.69) is 39.8 Å². The molecule has 0 atom stereocenters. The summed E-state index contributed by atoms with van der Waals surface area (Å²) >= 11 is 12.1.